The van der Waals surface area contributed by atoms with Crippen LogP contribution < -0.4 is 15.8 Å². The Bertz CT molecular complexity index is 1220. The number of oxime groups is 1. The Labute approximate surface area is 196 Å². The number of ether oxygens (including phenoxy) is 1. The molecule has 33 heavy (non-hydrogen) atoms. The van der Waals surface area contributed by atoms with E-state index in [-0.39, 0.29) is 12.4 Å². The average Bonchev–Trinajstić information content (AvgIpc) is 2.84. The van der Waals surface area contributed by atoms with Crippen LogP contribution in [0.2, 0.25) is 5.02 Å². The first kappa shape index (κ1) is 22.0. The molecule has 0 unspecified atom stereocenters. The summed E-state index contributed by atoms with van der Waals surface area (Å²) in [4.78, 5) is 17.8. The van der Waals surface area contributed by atoms with Gasteiger partial charge in [-0.05, 0) is 35.9 Å². The van der Waals surface area contributed by atoms with Crippen LogP contribution in [0.1, 0.15) is 16.8 Å². The molecule has 0 aliphatic carbocycles. The van der Waals surface area contributed by atoms with Crippen LogP contribution in [0.3, 0.4) is 0 Å². The molecule has 0 saturated carbocycles. The second-order valence-electron chi connectivity index (χ2n) is 6.89. The fourth-order valence-electron chi connectivity index (χ4n) is 2.88. The summed E-state index contributed by atoms with van der Waals surface area (Å²) < 4.78 is 5.82. The van der Waals surface area contributed by atoms with E-state index in [2.05, 4.69) is 25.4 Å². The second-order valence-corrected chi connectivity index (χ2v) is 7.30. The first-order chi connectivity index (χ1) is 16.2. The average molecular weight is 461 g/mol. The zero-order chi connectivity index (χ0) is 22.9. The van der Waals surface area contributed by atoms with Gasteiger partial charge in [-0.1, -0.05) is 53.2 Å². The number of halogens is 1. The van der Waals surface area contributed by atoms with Crippen LogP contribution >= 0.6 is 11.6 Å². The molecule has 2 heterocycles. The number of hydrogen-bond acceptors (Lipinski definition) is 8. The molecular weight excluding hydrogens is 440 g/mol. The van der Waals surface area contributed by atoms with E-state index in [4.69, 9.17) is 26.9 Å². The van der Waals surface area contributed by atoms with Crippen molar-refractivity contribution in [3.8, 4) is 5.75 Å². The van der Waals surface area contributed by atoms with Crippen LogP contribution in [0.15, 0.2) is 84.4 Å². The number of nitrogens with one attached hydrogen (secondary N) is 1. The van der Waals surface area contributed by atoms with Crippen molar-refractivity contribution >= 4 is 35.1 Å². The van der Waals surface area contributed by atoms with Crippen molar-refractivity contribution in [2.75, 3.05) is 11.1 Å². The Balaban J connectivity index is 1.42. The van der Waals surface area contributed by atoms with Crippen LogP contribution in [0.25, 0.3) is 0 Å². The topological polar surface area (TPSA) is 108 Å². The number of nitrogens with two attached hydrogens (primary N) is 1. The molecule has 166 valence electrons. The monoisotopic (exact) mass is 460 g/mol. The van der Waals surface area contributed by atoms with Crippen molar-refractivity contribution in [3.63, 3.8) is 0 Å². The first-order valence-corrected chi connectivity index (χ1v) is 10.5. The van der Waals surface area contributed by atoms with Gasteiger partial charge in [-0.25, -0.2) is 9.97 Å². The summed E-state index contributed by atoms with van der Waals surface area (Å²) >= 11 is 6.42. The maximum absolute atomic E-state index is 6.42. The van der Waals surface area contributed by atoms with Crippen molar-refractivity contribution in [3.05, 3.63) is 101 Å². The number of benzene rings is 2. The van der Waals surface area contributed by atoms with Gasteiger partial charge in [-0.2, -0.15) is 0 Å². The van der Waals surface area contributed by atoms with E-state index >= 15 is 0 Å². The predicted octanol–water partition coefficient (Wildman–Crippen LogP) is 4.98. The van der Waals surface area contributed by atoms with Gasteiger partial charge in [-0.3, -0.25) is 4.98 Å². The van der Waals surface area contributed by atoms with Crippen LogP contribution in [0.4, 0.5) is 17.3 Å². The summed E-state index contributed by atoms with van der Waals surface area (Å²) in [6.45, 7) is 0.655. The number of aromatic nitrogens is 3. The van der Waals surface area contributed by atoms with E-state index in [9.17, 15) is 0 Å². The van der Waals surface area contributed by atoms with Gasteiger partial charge in [0, 0.05) is 11.9 Å². The third-order valence-electron chi connectivity index (χ3n) is 4.54. The Morgan fingerprint density at radius 3 is 2.61 bits per heavy atom. The molecule has 4 aromatic rings. The van der Waals surface area contributed by atoms with Gasteiger partial charge in [0.05, 0.1) is 22.5 Å². The number of hydrogen-bond donors (Lipinski definition) is 2. The molecule has 4 rings (SSSR count). The van der Waals surface area contributed by atoms with Gasteiger partial charge in [0.2, 0.25) is 0 Å². The Hall–Kier alpha value is -4.17. The molecule has 0 amide bonds. The number of rotatable bonds is 9. The summed E-state index contributed by atoms with van der Waals surface area (Å²) in [5.41, 5.74) is 9.02. The van der Waals surface area contributed by atoms with Crippen molar-refractivity contribution in [2.45, 2.75) is 13.2 Å². The minimum absolute atomic E-state index is 0.230. The normalized spacial score (nSPS) is 10.8. The molecule has 3 N–H and O–H groups in total. The molecule has 2 aromatic carbocycles. The third-order valence-corrected chi connectivity index (χ3v) is 4.84. The number of nitrogens with zero attached hydrogens (tertiary/aromatic N) is 4. The molecule has 0 radical (unpaired) electrons. The Morgan fingerprint density at radius 2 is 1.82 bits per heavy atom. The van der Waals surface area contributed by atoms with E-state index in [1.807, 2.05) is 54.6 Å². The lowest BCUT2D eigenvalue weighted by Crippen LogP contribution is -2.05. The lowest BCUT2D eigenvalue weighted by molar-refractivity contribution is 0.129. The summed E-state index contributed by atoms with van der Waals surface area (Å²) in [5.74, 6) is 1.30. The fraction of sp³-hybridized carbons (Fsp3) is 0.0833. The molecule has 0 saturated heterocycles. The maximum atomic E-state index is 6.42. The lowest BCUT2D eigenvalue weighted by atomic mass is 10.2. The van der Waals surface area contributed by atoms with Gasteiger partial charge in [0.25, 0.3) is 0 Å². The van der Waals surface area contributed by atoms with Gasteiger partial charge < -0.3 is 20.6 Å². The molecule has 0 bridgehead atoms. The summed E-state index contributed by atoms with van der Waals surface area (Å²) in [5, 5.41) is 7.62. The van der Waals surface area contributed by atoms with E-state index in [1.54, 1.807) is 18.3 Å². The summed E-state index contributed by atoms with van der Waals surface area (Å²) in [6.07, 6.45) is 4.51. The molecule has 0 aliphatic heterocycles. The molecule has 0 spiro atoms. The second kappa shape index (κ2) is 10.9. The number of pyridine rings is 1. The molecule has 0 atom stereocenters. The third kappa shape index (κ3) is 6.18. The Morgan fingerprint density at radius 1 is 0.970 bits per heavy atom. The van der Waals surface area contributed by atoms with Crippen LogP contribution in [-0.4, -0.2) is 21.2 Å². The largest absolute Gasteiger partial charge is 0.487 e. The van der Waals surface area contributed by atoms with Crippen molar-refractivity contribution < 1.29 is 9.57 Å². The molecule has 9 heteroatoms. The van der Waals surface area contributed by atoms with Gasteiger partial charge in [0.15, 0.2) is 6.61 Å². The molecular formula is C24H21ClN6O2. The highest BCUT2D eigenvalue weighted by Crippen LogP contribution is 2.30. The van der Waals surface area contributed by atoms with Crippen LogP contribution in [0, 0.1) is 0 Å². The van der Waals surface area contributed by atoms with E-state index in [0.29, 0.717) is 34.4 Å². The van der Waals surface area contributed by atoms with Gasteiger partial charge in [-0.15, -0.1) is 0 Å². The molecule has 2 aromatic heterocycles. The predicted molar refractivity (Wildman–Crippen MR) is 129 cm³/mol. The highest BCUT2D eigenvalue weighted by atomic mass is 35.5. The van der Waals surface area contributed by atoms with Gasteiger partial charge >= 0.3 is 0 Å². The van der Waals surface area contributed by atoms with Crippen molar-refractivity contribution in [1.82, 2.24) is 15.0 Å². The standard InChI is InChI=1S/C24H21ClN6O2/c25-21-12-18(9-10-22(21)32-14-17-6-2-1-3-7-17)31-24-20(23(26)28-16-29-24)13-30-33-15-19-8-4-5-11-27-19/h1-13,16H,14-15H2,(H3,26,28,29,31)/b30-13+. The van der Waals surface area contributed by atoms with E-state index in [0.717, 1.165) is 11.3 Å². The van der Waals surface area contributed by atoms with E-state index in [1.165, 1.54) is 12.5 Å². The van der Waals surface area contributed by atoms with Crippen LogP contribution in [0.5, 0.6) is 5.75 Å². The maximum Gasteiger partial charge on any atom is 0.159 e. The minimum Gasteiger partial charge on any atom is -0.487 e. The van der Waals surface area contributed by atoms with Crippen molar-refractivity contribution in [1.29, 1.82) is 0 Å². The van der Waals surface area contributed by atoms with Gasteiger partial charge in [0.1, 0.15) is 30.3 Å². The quantitative estimate of drug-likeness (QED) is 0.268. The summed E-state index contributed by atoms with van der Waals surface area (Å²) in [7, 11) is 0. The highest BCUT2D eigenvalue weighted by Gasteiger charge is 2.10. The first-order valence-electron chi connectivity index (χ1n) is 10.1. The summed E-state index contributed by atoms with van der Waals surface area (Å²) in [6, 6.07) is 20.8. The fourth-order valence-corrected chi connectivity index (χ4v) is 3.12. The zero-order valence-corrected chi connectivity index (χ0v) is 18.3. The molecule has 0 aliphatic rings. The smallest absolute Gasteiger partial charge is 0.159 e. The Kier molecular flexibility index (Phi) is 7.29. The highest BCUT2D eigenvalue weighted by molar-refractivity contribution is 6.32. The minimum atomic E-state index is 0.230. The zero-order valence-electron chi connectivity index (χ0n) is 17.6. The SMILES string of the molecule is Nc1ncnc(Nc2ccc(OCc3ccccc3)c(Cl)c2)c1/C=N/OCc1ccccn1. The van der Waals surface area contributed by atoms with Crippen molar-refractivity contribution in [2.24, 2.45) is 5.16 Å². The number of nitrogen functional groups attached to an aromatic ring is 1. The lowest BCUT2D eigenvalue weighted by Gasteiger charge is -2.12. The number of anilines is 3. The molecule has 8 nitrogen and oxygen atoms in total. The van der Waals surface area contributed by atoms with E-state index < -0.39 is 0 Å². The molecule has 0 fully saturated rings. The van der Waals surface area contributed by atoms with Crippen LogP contribution in [-0.2, 0) is 18.1 Å².